The molecule has 1 aromatic heterocycles. The number of rotatable bonds is 5. The molecule has 7 nitrogen and oxygen atoms in total. The second-order valence-corrected chi connectivity index (χ2v) is 6.85. The fraction of sp³-hybridized carbons (Fsp3) is 0.389. The van der Waals surface area contributed by atoms with E-state index in [4.69, 9.17) is 5.73 Å². The number of likely N-dealkylation sites (tertiary alicyclic amines) is 1. The summed E-state index contributed by atoms with van der Waals surface area (Å²) < 4.78 is 1.58. The average molecular weight is 342 g/mol. The van der Waals surface area contributed by atoms with Crippen molar-refractivity contribution >= 4 is 11.9 Å². The van der Waals surface area contributed by atoms with E-state index in [9.17, 15) is 14.7 Å². The lowest BCUT2D eigenvalue weighted by Crippen LogP contribution is -2.48. The number of amides is 1. The van der Waals surface area contributed by atoms with Crippen molar-refractivity contribution in [2.45, 2.75) is 26.3 Å². The van der Waals surface area contributed by atoms with Crippen molar-refractivity contribution in [1.29, 1.82) is 0 Å². The number of primary amides is 1. The summed E-state index contributed by atoms with van der Waals surface area (Å²) in [5.41, 5.74) is 6.75. The molecular formula is C18H22N4O3. The van der Waals surface area contributed by atoms with E-state index in [1.165, 1.54) is 0 Å². The van der Waals surface area contributed by atoms with Gasteiger partial charge in [0, 0.05) is 24.8 Å². The number of nitrogens with two attached hydrogens (primary N) is 1. The predicted molar refractivity (Wildman–Crippen MR) is 92.3 cm³/mol. The molecule has 1 aromatic carbocycles. The van der Waals surface area contributed by atoms with Gasteiger partial charge >= 0.3 is 5.97 Å². The number of aromatic carboxylic acids is 1. The van der Waals surface area contributed by atoms with Crippen molar-refractivity contribution in [3.8, 4) is 5.69 Å². The Morgan fingerprint density at radius 3 is 2.84 bits per heavy atom. The van der Waals surface area contributed by atoms with E-state index in [0.29, 0.717) is 18.8 Å². The number of carbonyl (C=O) groups is 2. The smallest absolute Gasteiger partial charge is 0.337 e. The molecule has 3 rings (SSSR count). The van der Waals surface area contributed by atoms with Crippen LogP contribution in [-0.2, 0) is 11.3 Å². The summed E-state index contributed by atoms with van der Waals surface area (Å²) in [6.45, 7) is 4.09. The predicted octanol–water partition coefficient (Wildman–Crippen LogP) is 1.66. The molecule has 3 N–H and O–H groups in total. The number of carboxylic acids is 1. The first-order valence-electron chi connectivity index (χ1n) is 8.27. The quantitative estimate of drug-likeness (QED) is 0.860. The van der Waals surface area contributed by atoms with Crippen LogP contribution in [0.5, 0.6) is 0 Å². The zero-order valence-electron chi connectivity index (χ0n) is 14.2. The molecule has 2 heterocycles. The van der Waals surface area contributed by atoms with Crippen LogP contribution in [0, 0.1) is 5.41 Å². The van der Waals surface area contributed by atoms with Crippen LogP contribution in [0.4, 0.5) is 0 Å². The number of carbonyl (C=O) groups excluding carboxylic acids is 1. The maximum Gasteiger partial charge on any atom is 0.337 e. The summed E-state index contributed by atoms with van der Waals surface area (Å²) in [5, 5.41) is 13.6. The Balaban J connectivity index is 1.77. The average Bonchev–Trinajstić information content (AvgIpc) is 3.03. The molecule has 25 heavy (non-hydrogen) atoms. The van der Waals surface area contributed by atoms with E-state index < -0.39 is 11.4 Å². The van der Waals surface area contributed by atoms with Crippen LogP contribution >= 0.6 is 0 Å². The Kier molecular flexibility index (Phi) is 4.59. The minimum atomic E-state index is -0.985. The Morgan fingerprint density at radius 2 is 2.12 bits per heavy atom. The van der Waals surface area contributed by atoms with E-state index in [1.807, 2.05) is 13.1 Å². The fourth-order valence-electron chi connectivity index (χ4n) is 3.37. The van der Waals surface area contributed by atoms with Crippen LogP contribution in [0.2, 0.25) is 0 Å². The van der Waals surface area contributed by atoms with Crippen molar-refractivity contribution in [2.24, 2.45) is 11.1 Å². The van der Waals surface area contributed by atoms with Crippen LogP contribution in [0.3, 0.4) is 0 Å². The summed E-state index contributed by atoms with van der Waals surface area (Å²) in [6, 6.07) is 6.76. The Bertz CT molecular complexity index is 801. The highest BCUT2D eigenvalue weighted by atomic mass is 16.4. The van der Waals surface area contributed by atoms with E-state index in [2.05, 4.69) is 10.00 Å². The van der Waals surface area contributed by atoms with Crippen LogP contribution < -0.4 is 5.73 Å². The van der Waals surface area contributed by atoms with Crippen LogP contribution in [-0.4, -0.2) is 44.8 Å². The first-order chi connectivity index (χ1) is 11.9. The second-order valence-electron chi connectivity index (χ2n) is 6.85. The van der Waals surface area contributed by atoms with Gasteiger partial charge in [-0.15, -0.1) is 0 Å². The number of benzene rings is 1. The van der Waals surface area contributed by atoms with E-state index >= 15 is 0 Å². The minimum absolute atomic E-state index is 0.205. The highest BCUT2D eigenvalue weighted by molar-refractivity contribution is 5.91. The van der Waals surface area contributed by atoms with Crippen molar-refractivity contribution in [2.75, 3.05) is 13.1 Å². The third-order valence-electron chi connectivity index (χ3n) is 4.79. The maximum absolute atomic E-state index is 11.7. The maximum atomic E-state index is 11.7. The molecule has 1 aliphatic heterocycles. The van der Waals surface area contributed by atoms with Gasteiger partial charge in [0.2, 0.25) is 5.91 Å². The summed E-state index contributed by atoms with van der Waals surface area (Å²) in [6.07, 6.45) is 5.30. The first kappa shape index (κ1) is 17.2. The normalized spacial score (nSPS) is 21.2. The largest absolute Gasteiger partial charge is 0.478 e. The number of nitrogens with zero attached hydrogens (tertiary/aromatic N) is 3. The molecule has 2 aromatic rings. The van der Waals surface area contributed by atoms with Crippen molar-refractivity contribution in [1.82, 2.24) is 14.7 Å². The molecule has 0 saturated carbocycles. The van der Waals surface area contributed by atoms with Gasteiger partial charge in [0.1, 0.15) is 0 Å². The van der Waals surface area contributed by atoms with Gasteiger partial charge in [0.15, 0.2) is 0 Å². The first-order valence-corrected chi connectivity index (χ1v) is 8.27. The Labute approximate surface area is 146 Å². The number of aromatic nitrogens is 2. The highest BCUT2D eigenvalue weighted by Crippen LogP contribution is 2.29. The lowest BCUT2D eigenvalue weighted by Gasteiger charge is -2.38. The van der Waals surface area contributed by atoms with Crippen LogP contribution in [0.1, 0.15) is 35.7 Å². The lowest BCUT2D eigenvalue weighted by atomic mass is 9.81. The van der Waals surface area contributed by atoms with Gasteiger partial charge < -0.3 is 10.8 Å². The highest BCUT2D eigenvalue weighted by Gasteiger charge is 2.36. The lowest BCUT2D eigenvalue weighted by molar-refractivity contribution is -0.129. The van der Waals surface area contributed by atoms with Gasteiger partial charge in [-0.25, -0.2) is 9.48 Å². The molecule has 7 heteroatoms. The van der Waals surface area contributed by atoms with E-state index in [-0.39, 0.29) is 11.5 Å². The van der Waals surface area contributed by atoms with Crippen LogP contribution in [0.25, 0.3) is 5.69 Å². The van der Waals surface area contributed by atoms with Crippen molar-refractivity contribution in [3.05, 3.63) is 47.8 Å². The van der Waals surface area contributed by atoms with Gasteiger partial charge in [-0.3, -0.25) is 9.69 Å². The third-order valence-corrected chi connectivity index (χ3v) is 4.79. The molecule has 0 aliphatic carbocycles. The standard InChI is InChI=1S/C18H22N4O3/c1-18(17(19)25)7-4-8-21(12-18)10-13-9-20-22(11-13)15-6-3-2-5-14(15)16(23)24/h2-3,5-6,9,11H,4,7-8,10,12H2,1H3,(H2,19,25)(H,23,24). The monoisotopic (exact) mass is 342 g/mol. The van der Waals surface area contributed by atoms with Crippen molar-refractivity contribution < 1.29 is 14.7 Å². The third kappa shape index (κ3) is 3.56. The van der Waals surface area contributed by atoms with E-state index in [0.717, 1.165) is 24.9 Å². The molecule has 1 fully saturated rings. The number of piperidine rings is 1. The van der Waals surface area contributed by atoms with E-state index in [1.54, 1.807) is 35.1 Å². The fourth-order valence-corrected chi connectivity index (χ4v) is 3.37. The SMILES string of the molecule is CC1(C(N)=O)CCCN(Cc2cnn(-c3ccccc3C(=O)O)c2)C1. The van der Waals surface area contributed by atoms with Gasteiger partial charge in [-0.2, -0.15) is 5.10 Å². The molecule has 0 spiro atoms. The molecular weight excluding hydrogens is 320 g/mol. The molecule has 1 saturated heterocycles. The van der Waals surface area contributed by atoms with Gasteiger partial charge in [0.25, 0.3) is 0 Å². The molecule has 1 aliphatic rings. The molecule has 0 radical (unpaired) electrons. The zero-order valence-corrected chi connectivity index (χ0v) is 14.2. The summed E-state index contributed by atoms with van der Waals surface area (Å²) in [7, 11) is 0. The number of carboxylic acid groups (broad SMARTS) is 1. The zero-order chi connectivity index (χ0) is 18.0. The molecule has 0 bridgehead atoms. The Morgan fingerprint density at radius 1 is 1.36 bits per heavy atom. The number of hydrogen-bond acceptors (Lipinski definition) is 4. The van der Waals surface area contributed by atoms with Gasteiger partial charge in [-0.1, -0.05) is 12.1 Å². The second kappa shape index (κ2) is 6.68. The summed E-state index contributed by atoms with van der Waals surface area (Å²) in [5.74, 6) is -1.25. The van der Waals surface area contributed by atoms with Crippen LogP contribution in [0.15, 0.2) is 36.7 Å². The minimum Gasteiger partial charge on any atom is -0.478 e. The van der Waals surface area contributed by atoms with Crippen molar-refractivity contribution in [3.63, 3.8) is 0 Å². The Hall–Kier alpha value is -2.67. The molecule has 132 valence electrons. The summed E-state index contributed by atoms with van der Waals surface area (Å²) >= 11 is 0. The topological polar surface area (TPSA) is 101 Å². The van der Waals surface area contributed by atoms with Gasteiger partial charge in [0.05, 0.1) is 22.9 Å². The summed E-state index contributed by atoms with van der Waals surface area (Å²) in [4.78, 5) is 25.2. The van der Waals surface area contributed by atoms with Gasteiger partial charge in [-0.05, 0) is 38.4 Å². The number of para-hydroxylation sites is 1. The molecule has 1 amide bonds. The number of hydrogen-bond donors (Lipinski definition) is 2. The molecule has 1 unspecified atom stereocenters. The molecule has 1 atom stereocenters.